The van der Waals surface area contributed by atoms with Crippen LogP contribution in [0.5, 0.6) is 0 Å². The molecule has 1 spiro atoms. The van der Waals surface area contributed by atoms with E-state index in [9.17, 15) is 4.79 Å². The predicted molar refractivity (Wildman–Crippen MR) is 142 cm³/mol. The number of hydrogen-bond acceptors (Lipinski definition) is 6. The van der Waals surface area contributed by atoms with Gasteiger partial charge in [0.15, 0.2) is 5.79 Å². The van der Waals surface area contributed by atoms with E-state index in [1.54, 1.807) is 7.11 Å². The van der Waals surface area contributed by atoms with E-state index in [1.165, 1.54) is 56.1 Å². The first kappa shape index (κ1) is 29.1. The number of unbranched alkanes of at least 4 members (excludes halogenated alkanes) is 5. The maximum absolute atomic E-state index is 12.3. The van der Waals surface area contributed by atoms with Crippen molar-refractivity contribution in [3.05, 3.63) is 35.4 Å². The van der Waals surface area contributed by atoms with Gasteiger partial charge in [-0.05, 0) is 36.8 Å². The fourth-order valence-electron chi connectivity index (χ4n) is 4.93. The van der Waals surface area contributed by atoms with Crippen molar-refractivity contribution in [3.8, 4) is 0 Å². The average Bonchev–Trinajstić information content (AvgIpc) is 2.90. The number of methoxy groups -OCH3 is 1. The minimum Gasteiger partial charge on any atom is -0.382 e. The molecule has 2 aliphatic rings. The van der Waals surface area contributed by atoms with Crippen molar-refractivity contribution >= 4 is 5.91 Å². The van der Waals surface area contributed by atoms with Crippen LogP contribution in [-0.2, 0) is 36.6 Å². The van der Waals surface area contributed by atoms with Crippen LogP contribution in [0.3, 0.4) is 0 Å². The van der Waals surface area contributed by atoms with Crippen LogP contribution in [-0.4, -0.2) is 75.4 Å². The van der Waals surface area contributed by atoms with Crippen molar-refractivity contribution in [1.82, 2.24) is 4.90 Å². The molecule has 7 nitrogen and oxygen atoms in total. The number of nitrogens with zero attached hydrogens (tertiary/aromatic N) is 1. The van der Waals surface area contributed by atoms with Gasteiger partial charge in [0.2, 0.25) is 5.91 Å². The van der Waals surface area contributed by atoms with Crippen LogP contribution in [0.2, 0.25) is 0 Å². The number of rotatable bonds is 15. The van der Waals surface area contributed by atoms with Gasteiger partial charge in [-0.25, -0.2) is 0 Å². The van der Waals surface area contributed by atoms with Crippen LogP contribution >= 0.6 is 0 Å². The summed E-state index contributed by atoms with van der Waals surface area (Å²) < 4.78 is 22.7. The Labute approximate surface area is 218 Å². The molecule has 0 saturated carbocycles. The summed E-state index contributed by atoms with van der Waals surface area (Å²) >= 11 is 0. The molecule has 2 N–H and O–H groups in total. The first-order valence-corrected chi connectivity index (χ1v) is 14.0. The molecule has 0 aromatic heterocycles. The molecule has 1 amide bonds. The van der Waals surface area contributed by atoms with E-state index in [2.05, 4.69) is 31.2 Å². The van der Waals surface area contributed by atoms with Crippen LogP contribution < -0.4 is 5.73 Å². The average molecular weight is 505 g/mol. The number of nitrogens with two attached hydrogens (primary N) is 1. The fourth-order valence-corrected chi connectivity index (χ4v) is 4.93. The Bertz CT molecular complexity index is 751. The lowest BCUT2D eigenvalue weighted by Gasteiger charge is -2.48. The number of amides is 1. The van der Waals surface area contributed by atoms with Gasteiger partial charge >= 0.3 is 0 Å². The lowest BCUT2D eigenvalue weighted by Crippen LogP contribution is -2.61. The topological polar surface area (TPSA) is 83.3 Å². The first-order valence-electron chi connectivity index (χ1n) is 14.0. The van der Waals surface area contributed by atoms with Gasteiger partial charge in [0.1, 0.15) is 6.61 Å². The fraction of sp³-hybridized carbons (Fsp3) is 0.759. The number of hydrogen-bond donors (Lipinski definition) is 1. The van der Waals surface area contributed by atoms with Crippen LogP contribution in [0.1, 0.15) is 75.8 Å². The molecular formula is C29H48N2O5. The molecule has 1 aromatic rings. The summed E-state index contributed by atoms with van der Waals surface area (Å²) in [6.45, 7) is 5.44. The Balaban J connectivity index is 1.33. The molecule has 2 saturated heterocycles. The second-order valence-electron chi connectivity index (χ2n) is 10.6. The molecule has 0 radical (unpaired) electrons. The Morgan fingerprint density at radius 2 is 1.56 bits per heavy atom. The number of likely N-dealkylation sites (tertiary alicyclic amines) is 1. The minimum absolute atomic E-state index is 0.00271. The summed E-state index contributed by atoms with van der Waals surface area (Å²) in [5.41, 5.74) is 8.91. The van der Waals surface area contributed by atoms with Crippen LogP contribution in [0.4, 0.5) is 0 Å². The maximum atomic E-state index is 12.3. The maximum Gasteiger partial charge on any atom is 0.248 e. The second-order valence-corrected chi connectivity index (χ2v) is 10.6. The summed E-state index contributed by atoms with van der Waals surface area (Å²) in [7, 11) is 1.62. The van der Waals surface area contributed by atoms with E-state index < -0.39 is 11.3 Å². The van der Waals surface area contributed by atoms with Crippen LogP contribution in [0.15, 0.2) is 24.3 Å². The largest absolute Gasteiger partial charge is 0.382 e. The molecule has 0 bridgehead atoms. The number of carbonyl (C=O) groups excluding carboxylic acids is 1. The van der Waals surface area contributed by atoms with Crippen LogP contribution in [0, 0.1) is 0 Å². The highest BCUT2D eigenvalue weighted by molar-refractivity contribution is 5.77. The van der Waals surface area contributed by atoms with Gasteiger partial charge in [-0.1, -0.05) is 63.3 Å². The van der Waals surface area contributed by atoms with Gasteiger partial charge in [-0.3, -0.25) is 4.79 Å². The highest BCUT2D eigenvalue weighted by atomic mass is 16.7. The molecule has 0 unspecified atom stereocenters. The van der Waals surface area contributed by atoms with Crippen LogP contribution in [0.25, 0.3) is 0 Å². The van der Waals surface area contributed by atoms with Crippen molar-refractivity contribution in [2.45, 2.75) is 88.9 Å². The van der Waals surface area contributed by atoms with Gasteiger partial charge in [-0.15, -0.1) is 0 Å². The lowest BCUT2D eigenvalue weighted by molar-refractivity contribution is -0.302. The number of carbonyl (C=O) groups is 1. The van der Waals surface area contributed by atoms with Gasteiger partial charge in [-0.2, -0.15) is 0 Å². The highest BCUT2D eigenvalue weighted by Gasteiger charge is 2.45. The number of aryl methyl sites for hydroxylation is 2. The number of benzene rings is 1. The predicted octanol–water partition coefficient (Wildman–Crippen LogP) is 4.25. The SMILES string of the molecule is CCCCCCCCc1ccc(CCC2(N)COC3(CCN(C(=O)COCCOC)CC3)OC2)cc1. The van der Waals surface area contributed by atoms with Gasteiger partial charge in [0.25, 0.3) is 0 Å². The molecule has 0 aliphatic carbocycles. The molecule has 7 heteroatoms. The monoisotopic (exact) mass is 504 g/mol. The zero-order chi connectivity index (χ0) is 25.7. The van der Waals surface area contributed by atoms with E-state index in [0.29, 0.717) is 52.4 Å². The quantitative estimate of drug-likeness (QED) is 0.360. The van der Waals surface area contributed by atoms with Gasteiger partial charge in [0, 0.05) is 33.0 Å². The molecule has 3 rings (SSSR count). The Morgan fingerprint density at radius 3 is 2.19 bits per heavy atom. The van der Waals surface area contributed by atoms with E-state index in [4.69, 9.17) is 24.7 Å². The van der Waals surface area contributed by atoms with Gasteiger partial charge < -0.3 is 29.6 Å². The summed E-state index contributed by atoms with van der Waals surface area (Å²) in [4.78, 5) is 14.2. The minimum atomic E-state index is -0.616. The van der Waals surface area contributed by atoms with E-state index >= 15 is 0 Å². The first-order chi connectivity index (χ1) is 17.5. The third kappa shape index (κ3) is 9.42. The smallest absolute Gasteiger partial charge is 0.248 e. The van der Waals surface area contributed by atoms with Gasteiger partial charge in [0.05, 0.1) is 32.0 Å². The normalized spacial score (nSPS) is 19.0. The summed E-state index contributed by atoms with van der Waals surface area (Å²) in [5, 5.41) is 0. The number of piperidine rings is 1. The molecule has 2 aliphatic heterocycles. The van der Waals surface area contributed by atoms with Crippen molar-refractivity contribution in [2.24, 2.45) is 5.73 Å². The summed E-state index contributed by atoms with van der Waals surface area (Å²) in [6, 6.07) is 9.03. The van der Waals surface area contributed by atoms with E-state index in [1.807, 2.05) is 4.90 Å². The zero-order valence-electron chi connectivity index (χ0n) is 22.6. The van der Waals surface area contributed by atoms with E-state index in [-0.39, 0.29) is 12.5 Å². The molecular weight excluding hydrogens is 456 g/mol. The molecule has 204 valence electrons. The van der Waals surface area contributed by atoms with Crippen molar-refractivity contribution in [2.75, 3.05) is 53.2 Å². The summed E-state index contributed by atoms with van der Waals surface area (Å²) in [5.74, 6) is -0.614. The third-order valence-corrected chi connectivity index (χ3v) is 7.53. The zero-order valence-corrected chi connectivity index (χ0v) is 22.6. The Morgan fingerprint density at radius 1 is 0.944 bits per heavy atom. The number of ether oxygens (including phenoxy) is 4. The van der Waals surface area contributed by atoms with E-state index in [0.717, 1.165) is 12.8 Å². The second kappa shape index (κ2) is 15.0. The van der Waals surface area contributed by atoms with Crippen molar-refractivity contribution in [1.29, 1.82) is 0 Å². The van der Waals surface area contributed by atoms with Crippen molar-refractivity contribution in [3.63, 3.8) is 0 Å². The third-order valence-electron chi connectivity index (χ3n) is 7.53. The Hall–Kier alpha value is -1.51. The molecule has 2 heterocycles. The highest BCUT2D eigenvalue weighted by Crippen LogP contribution is 2.34. The lowest BCUT2D eigenvalue weighted by atomic mass is 9.91. The Kier molecular flexibility index (Phi) is 12.1. The molecule has 1 aromatic carbocycles. The van der Waals surface area contributed by atoms with Crippen molar-refractivity contribution < 1.29 is 23.7 Å². The molecule has 2 fully saturated rings. The summed E-state index contributed by atoms with van der Waals surface area (Å²) in [6.07, 6.45) is 12.2. The standard InChI is InChI=1S/C29H48N2O5/c1-3-4-5-6-7-8-9-25-10-12-26(13-11-25)14-15-28(30)23-35-29(36-24-28)16-18-31(19-17-29)27(32)22-34-21-20-33-2/h10-13H,3-9,14-24,30H2,1-2H3. The molecule has 36 heavy (non-hydrogen) atoms. The molecule has 0 atom stereocenters.